The van der Waals surface area contributed by atoms with Gasteiger partial charge in [-0.3, -0.25) is 0 Å². The fourth-order valence-electron chi connectivity index (χ4n) is 0.314. The number of alkyl halides is 3. The SMILES string of the molecule is ClCC=C(Cl)CC(Cl)Cl. The summed E-state index contributed by atoms with van der Waals surface area (Å²) >= 11 is 21.7. The van der Waals surface area contributed by atoms with Crippen molar-refractivity contribution in [3.05, 3.63) is 11.1 Å². The van der Waals surface area contributed by atoms with E-state index in [1.54, 1.807) is 6.08 Å². The van der Waals surface area contributed by atoms with Crippen LogP contribution >= 0.6 is 46.4 Å². The molecule has 0 aliphatic rings. The molecule has 0 aromatic rings. The van der Waals surface area contributed by atoms with Gasteiger partial charge in [-0.25, -0.2) is 0 Å². The Morgan fingerprint density at radius 3 is 2.33 bits per heavy atom. The molecule has 0 heterocycles. The minimum atomic E-state index is -0.433. The summed E-state index contributed by atoms with van der Waals surface area (Å²) in [6.45, 7) is 0. The van der Waals surface area contributed by atoms with Crippen molar-refractivity contribution in [2.45, 2.75) is 11.3 Å². The van der Waals surface area contributed by atoms with E-state index < -0.39 is 4.84 Å². The topological polar surface area (TPSA) is 0 Å². The van der Waals surface area contributed by atoms with E-state index in [9.17, 15) is 0 Å². The van der Waals surface area contributed by atoms with E-state index >= 15 is 0 Å². The Balaban J connectivity index is 3.49. The van der Waals surface area contributed by atoms with Gasteiger partial charge in [-0.1, -0.05) is 17.7 Å². The molecule has 0 aliphatic heterocycles. The summed E-state index contributed by atoms with van der Waals surface area (Å²) in [7, 11) is 0. The van der Waals surface area contributed by atoms with Gasteiger partial charge in [0.15, 0.2) is 0 Å². The molecule has 54 valence electrons. The summed E-state index contributed by atoms with van der Waals surface area (Å²) in [5.41, 5.74) is 0. The Kier molecular flexibility index (Phi) is 6.23. The fraction of sp³-hybridized carbons (Fsp3) is 0.600. The highest BCUT2D eigenvalue weighted by Crippen LogP contribution is 2.17. The van der Waals surface area contributed by atoms with E-state index in [-0.39, 0.29) is 0 Å². The lowest BCUT2D eigenvalue weighted by atomic mass is 10.4. The number of rotatable bonds is 3. The van der Waals surface area contributed by atoms with Gasteiger partial charge in [-0.2, -0.15) is 0 Å². The zero-order chi connectivity index (χ0) is 7.28. The third-order valence-electron chi connectivity index (χ3n) is 0.648. The minimum Gasteiger partial charge on any atom is -0.122 e. The van der Waals surface area contributed by atoms with Gasteiger partial charge in [0.2, 0.25) is 0 Å². The maximum atomic E-state index is 5.58. The first-order valence-corrected chi connectivity index (χ1v) is 4.14. The van der Waals surface area contributed by atoms with Gasteiger partial charge in [0.1, 0.15) is 4.84 Å². The number of allylic oxidation sites excluding steroid dienone is 2. The Morgan fingerprint density at radius 1 is 1.44 bits per heavy atom. The molecule has 0 fully saturated rings. The predicted molar refractivity (Wildman–Crippen MR) is 44.8 cm³/mol. The van der Waals surface area contributed by atoms with E-state index in [2.05, 4.69) is 0 Å². The molecule has 0 bridgehead atoms. The average Bonchev–Trinajstić information content (AvgIpc) is 1.63. The molecule has 0 atom stereocenters. The molecule has 0 unspecified atom stereocenters. The van der Waals surface area contributed by atoms with Crippen LogP contribution in [0.2, 0.25) is 0 Å². The molecule has 0 saturated heterocycles. The monoisotopic (exact) mass is 206 g/mol. The molecule has 0 saturated carbocycles. The second-order valence-electron chi connectivity index (χ2n) is 1.40. The normalized spacial score (nSPS) is 12.8. The average molecular weight is 208 g/mol. The number of halogens is 4. The van der Waals surface area contributed by atoms with E-state index in [1.807, 2.05) is 0 Å². The Hall–Kier alpha value is 0.900. The standard InChI is InChI=1S/C5H6Cl4/c6-2-1-4(7)3-5(8)9/h1,5H,2-3H2. The quantitative estimate of drug-likeness (QED) is 0.622. The highest BCUT2D eigenvalue weighted by atomic mass is 35.5. The van der Waals surface area contributed by atoms with Crippen molar-refractivity contribution < 1.29 is 0 Å². The number of hydrogen-bond donors (Lipinski definition) is 0. The molecule has 0 aromatic carbocycles. The molecule has 4 heteroatoms. The second kappa shape index (κ2) is 5.67. The van der Waals surface area contributed by atoms with Crippen LogP contribution in [0.25, 0.3) is 0 Å². The maximum Gasteiger partial charge on any atom is 0.112 e. The van der Waals surface area contributed by atoms with Crippen LogP contribution in [0, 0.1) is 0 Å². The maximum absolute atomic E-state index is 5.58. The summed E-state index contributed by atoms with van der Waals surface area (Å²) in [5, 5.41) is 0.611. The van der Waals surface area contributed by atoms with Gasteiger partial charge >= 0.3 is 0 Å². The summed E-state index contributed by atoms with van der Waals surface area (Å²) in [5.74, 6) is 0.402. The van der Waals surface area contributed by atoms with Crippen molar-refractivity contribution in [3.63, 3.8) is 0 Å². The molecular formula is C5H6Cl4. The first-order valence-electron chi connectivity index (χ1n) is 2.35. The van der Waals surface area contributed by atoms with E-state index in [4.69, 9.17) is 46.4 Å². The van der Waals surface area contributed by atoms with Crippen LogP contribution in [0.1, 0.15) is 6.42 Å². The van der Waals surface area contributed by atoms with Crippen LogP contribution in [0.5, 0.6) is 0 Å². The lowest BCUT2D eigenvalue weighted by molar-refractivity contribution is 1.13. The largest absolute Gasteiger partial charge is 0.122 e. The van der Waals surface area contributed by atoms with Crippen LogP contribution in [0.15, 0.2) is 11.1 Å². The molecule has 0 aromatic heterocycles. The Labute approximate surface area is 74.7 Å². The van der Waals surface area contributed by atoms with Crippen molar-refractivity contribution in [2.75, 3.05) is 5.88 Å². The lowest BCUT2D eigenvalue weighted by Gasteiger charge is -1.96. The third kappa shape index (κ3) is 6.79. The van der Waals surface area contributed by atoms with Gasteiger partial charge < -0.3 is 0 Å². The van der Waals surface area contributed by atoms with Crippen LogP contribution in [0.3, 0.4) is 0 Å². The minimum absolute atomic E-state index is 0.402. The third-order valence-corrected chi connectivity index (χ3v) is 1.42. The van der Waals surface area contributed by atoms with Crippen molar-refractivity contribution >= 4 is 46.4 Å². The second-order valence-corrected chi connectivity index (χ2v) is 3.47. The van der Waals surface area contributed by atoms with Crippen molar-refractivity contribution in [2.24, 2.45) is 0 Å². The molecule has 0 amide bonds. The molecule has 0 rings (SSSR count). The smallest absolute Gasteiger partial charge is 0.112 e. The summed E-state index contributed by atoms with van der Waals surface area (Å²) in [4.78, 5) is -0.433. The van der Waals surface area contributed by atoms with Crippen molar-refractivity contribution in [1.82, 2.24) is 0 Å². The zero-order valence-corrected chi connectivity index (χ0v) is 7.60. The Bertz CT molecular complexity index is 97.1. The summed E-state index contributed by atoms with van der Waals surface area (Å²) in [6.07, 6.45) is 2.14. The van der Waals surface area contributed by atoms with E-state index in [0.717, 1.165) is 0 Å². The van der Waals surface area contributed by atoms with Gasteiger partial charge in [-0.05, 0) is 0 Å². The molecule has 0 nitrogen and oxygen atoms in total. The summed E-state index contributed by atoms with van der Waals surface area (Å²) in [6, 6.07) is 0. The molecule has 9 heavy (non-hydrogen) atoms. The van der Waals surface area contributed by atoms with Gasteiger partial charge in [0.25, 0.3) is 0 Å². The first kappa shape index (κ1) is 9.90. The lowest BCUT2D eigenvalue weighted by Crippen LogP contribution is -1.85. The zero-order valence-electron chi connectivity index (χ0n) is 4.58. The van der Waals surface area contributed by atoms with Crippen LogP contribution in [-0.2, 0) is 0 Å². The van der Waals surface area contributed by atoms with Crippen molar-refractivity contribution in [3.8, 4) is 0 Å². The van der Waals surface area contributed by atoms with E-state index in [0.29, 0.717) is 17.3 Å². The highest BCUT2D eigenvalue weighted by molar-refractivity contribution is 6.45. The van der Waals surface area contributed by atoms with Crippen molar-refractivity contribution in [1.29, 1.82) is 0 Å². The summed E-state index contributed by atoms with van der Waals surface area (Å²) < 4.78 is 0. The predicted octanol–water partition coefficient (Wildman–Crippen LogP) is 3.54. The molecular weight excluding hydrogens is 202 g/mol. The van der Waals surface area contributed by atoms with Gasteiger partial charge in [-0.15, -0.1) is 34.8 Å². The molecule has 0 aliphatic carbocycles. The molecule has 0 radical (unpaired) electrons. The Morgan fingerprint density at radius 2 is 2.00 bits per heavy atom. The fourth-order valence-corrected chi connectivity index (χ4v) is 1.30. The van der Waals surface area contributed by atoms with Gasteiger partial charge in [0, 0.05) is 17.3 Å². The van der Waals surface area contributed by atoms with Crippen LogP contribution < -0.4 is 0 Å². The van der Waals surface area contributed by atoms with Crippen LogP contribution in [0.4, 0.5) is 0 Å². The van der Waals surface area contributed by atoms with Crippen LogP contribution in [-0.4, -0.2) is 10.7 Å². The molecule has 0 N–H and O–H groups in total. The van der Waals surface area contributed by atoms with E-state index in [1.165, 1.54) is 0 Å². The highest BCUT2D eigenvalue weighted by Gasteiger charge is 1.99. The number of hydrogen-bond acceptors (Lipinski definition) is 0. The first-order chi connectivity index (χ1) is 4.16. The van der Waals surface area contributed by atoms with Gasteiger partial charge in [0.05, 0.1) is 0 Å². The molecule has 0 spiro atoms.